The first-order valence-corrected chi connectivity index (χ1v) is 6.83. The highest BCUT2D eigenvalue weighted by Gasteiger charge is 2.14. The summed E-state index contributed by atoms with van der Waals surface area (Å²) in [5, 5.41) is 13.5. The quantitative estimate of drug-likeness (QED) is 0.940. The zero-order valence-electron chi connectivity index (χ0n) is 11.1. The number of carbonyl (C=O) groups is 1. The minimum atomic E-state index is -0.935. The third kappa shape index (κ3) is 2.42. The van der Waals surface area contributed by atoms with Crippen molar-refractivity contribution in [1.29, 1.82) is 0 Å². The second-order valence-electron chi connectivity index (χ2n) is 4.39. The van der Waals surface area contributed by atoms with Gasteiger partial charge in [-0.3, -0.25) is 0 Å². The highest BCUT2D eigenvalue weighted by molar-refractivity contribution is 9.10. The molecule has 19 heavy (non-hydrogen) atoms. The van der Waals surface area contributed by atoms with Gasteiger partial charge in [0, 0.05) is 10.2 Å². The number of aromatic carboxylic acids is 1. The summed E-state index contributed by atoms with van der Waals surface area (Å²) >= 11 is 3.42. The molecule has 0 radical (unpaired) electrons. The van der Waals surface area contributed by atoms with Gasteiger partial charge in [-0.15, -0.1) is 0 Å². The molecule has 0 amide bonds. The molecule has 0 saturated heterocycles. The van der Waals surface area contributed by atoms with Crippen molar-refractivity contribution < 1.29 is 9.90 Å². The van der Waals surface area contributed by atoms with Gasteiger partial charge in [-0.25, -0.2) is 9.48 Å². The number of halogens is 1. The molecular weight excluding hydrogens is 308 g/mol. The number of carboxylic acid groups (broad SMARTS) is 1. The van der Waals surface area contributed by atoms with Crippen molar-refractivity contribution in [2.45, 2.75) is 27.2 Å². The Hall–Kier alpha value is -1.62. The van der Waals surface area contributed by atoms with Crippen LogP contribution in [0.4, 0.5) is 0 Å². The molecule has 4 nitrogen and oxygen atoms in total. The summed E-state index contributed by atoms with van der Waals surface area (Å²) in [5.74, 6) is -0.935. The van der Waals surface area contributed by atoms with Gasteiger partial charge in [0.25, 0.3) is 0 Å². The van der Waals surface area contributed by atoms with E-state index < -0.39 is 5.97 Å². The molecule has 5 heteroatoms. The van der Waals surface area contributed by atoms with Crippen molar-refractivity contribution in [3.8, 4) is 5.69 Å². The van der Waals surface area contributed by atoms with Crippen LogP contribution in [0, 0.1) is 13.8 Å². The van der Waals surface area contributed by atoms with Gasteiger partial charge in [0.15, 0.2) is 0 Å². The maximum absolute atomic E-state index is 10.9. The lowest BCUT2D eigenvalue weighted by Crippen LogP contribution is -2.03. The van der Waals surface area contributed by atoms with E-state index in [0.29, 0.717) is 0 Å². The lowest BCUT2D eigenvalue weighted by Gasteiger charge is -2.08. The van der Waals surface area contributed by atoms with Crippen LogP contribution in [0.25, 0.3) is 5.69 Å². The third-order valence-electron chi connectivity index (χ3n) is 3.22. The molecule has 0 fully saturated rings. The minimum Gasteiger partial charge on any atom is -0.478 e. The molecule has 0 saturated carbocycles. The molecule has 2 aromatic rings. The van der Waals surface area contributed by atoms with E-state index in [1.807, 2.05) is 18.5 Å². The molecule has 0 unspecified atom stereocenters. The molecular formula is C14H15BrN2O2. The van der Waals surface area contributed by atoms with Crippen molar-refractivity contribution in [3.05, 3.63) is 45.2 Å². The number of nitrogens with zero attached hydrogens (tertiary/aromatic N) is 2. The Morgan fingerprint density at radius 2 is 2.11 bits per heavy atom. The fourth-order valence-electron chi connectivity index (χ4n) is 2.23. The standard InChI is InChI=1S/C14H15BrN2O2/c1-4-11-8(2)16-17(9(11)3)13-6-5-10(14(18)19)7-12(13)15/h5-7H,4H2,1-3H3,(H,18,19). The smallest absolute Gasteiger partial charge is 0.335 e. The molecule has 1 heterocycles. The van der Waals surface area contributed by atoms with Gasteiger partial charge < -0.3 is 5.11 Å². The van der Waals surface area contributed by atoms with Gasteiger partial charge >= 0.3 is 5.97 Å². The molecule has 2 rings (SSSR count). The number of aromatic nitrogens is 2. The molecule has 100 valence electrons. The number of aryl methyl sites for hydroxylation is 1. The Morgan fingerprint density at radius 3 is 2.58 bits per heavy atom. The lowest BCUT2D eigenvalue weighted by atomic mass is 10.1. The fourth-order valence-corrected chi connectivity index (χ4v) is 2.78. The lowest BCUT2D eigenvalue weighted by molar-refractivity contribution is 0.0697. The fraction of sp³-hybridized carbons (Fsp3) is 0.286. The first-order chi connectivity index (χ1) is 8.95. The highest BCUT2D eigenvalue weighted by Crippen LogP contribution is 2.25. The first-order valence-electron chi connectivity index (χ1n) is 6.04. The Kier molecular flexibility index (Phi) is 3.75. The van der Waals surface area contributed by atoms with E-state index in [1.165, 1.54) is 5.56 Å². The monoisotopic (exact) mass is 322 g/mol. The van der Waals surface area contributed by atoms with Gasteiger partial charge in [-0.1, -0.05) is 6.92 Å². The molecule has 0 aliphatic rings. The minimum absolute atomic E-state index is 0.257. The number of hydrogen-bond donors (Lipinski definition) is 1. The summed E-state index contributed by atoms with van der Waals surface area (Å²) in [6, 6.07) is 4.96. The van der Waals surface area contributed by atoms with Crippen LogP contribution in [0.5, 0.6) is 0 Å². The molecule has 0 bridgehead atoms. The van der Waals surface area contributed by atoms with Crippen molar-refractivity contribution in [2.75, 3.05) is 0 Å². The highest BCUT2D eigenvalue weighted by atomic mass is 79.9. The molecule has 0 aliphatic heterocycles. The van der Waals surface area contributed by atoms with Gasteiger partial charge in [-0.05, 0) is 60.0 Å². The second kappa shape index (κ2) is 5.17. The van der Waals surface area contributed by atoms with Gasteiger partial charge in [0.05, 0.1) is 16.9 Å². The van der Waals surface area contributed by atoms with Crippen molar-refractivity contribution in [1.82, 2.24) is 9.78 Å². The molecule has 0 spiro atoms. The maximum Gasteiger partial charge on any atom is 0.335 e. The van der Waals surface area contributed by atoms with Crippen LogP contribution < -0.4 is 0 Å². The normalized spacial score (nSPS) is 10.7. The predicted octanol–water partition coefficient (Wildman–Crippen LogP) is 3.51. The Balaban J connectivity index is 2.57. The zero-order chi connectivity index (χ0) is 14.2. The molecule has 1 aromatic carbocycles. The Bertz CT molecular complexity index is 647. The molecule has 0 atom stereocenters. The second-order valence-corrected chi connectivity index (χ2v) is 5.24. The number of hydrogen-bond acceptors (Lipinski definition) is 2. The van der Waals surface area contributed by atoms with Crippen LogP contribution in [0.15, 0.2) is 22.7 Å². The van der Waals surface area contributed by atoms with E-state index in [-0.39, 0.29) is 5.56 Å². The summed E-state index contributed by atoms with van der Waals surface area (Å²) in [7, 11) is 0. The van der Waals surface area contributed by atoms with Gasteiger partial charge in [-0.2, -0.15) is 5.10 Å². The van der Waals surface area contributed by atoms with Gasteiger partial charge in [0.2, 0.25) is 0 Å². The van der Waals surface area contributed by atoms with E-state index in [1.54, 1.807) is 18.2 Å². The van der Waals surface area contributed by atoms with Crippen LogP contribution in [0.1, 0.15) is 34.2 Å². The summed E-state index contributed by atoms with van der Waals surface area (Å²) in [4.78, 5) is 10.9. The molecule has 1 N–H and O–H groups in total. The summed E-state index contributed by atoms with van der Waals surface area (Å²) < 4.78 is 2.57. The van der Waals surface area contributed by atoms with E-state index in [4.69, 9.17) is 5.11 Å². The maximum atomic E-state index is 10.9. The van der Waals surface area contributed by atoms with Crippen molar-refractivity contribution >= 4 is 21.9 Å². The first kappa shape index (κ1) is 13.8. The topological polar surface area (TPSA) is 55.1 Å². The summed E-state index contributed by atoms with van der Waals surface area (Å²) in [6.07, 6.45) is 0.933. The number of rotatable bonds is 3. The predicted molar refractivity (Wildman–Crippen MR) is 77.1 cm³/mol. The molecule has 1 aromatic heterocycles. The van der Waals surface area contributed by atoms with Crippen LogP contribution in [0.3, 0.4) is 0 Å². The molecule has 0 aliphatic carbocycles. The van der Waals surface area contributed by atoms with Crippen molar-refractivity contribution in [2.24, 2.45) is 0 Å². The van der Waals surface area contributed by atoms with Crippen LogP contribution in [-0.2, 0) is 6.42 Å². The Morgan fingerprint density at radius 1 is 1.42 bits per heavy atom. The SMILES string of the molecule is CCc1c(C)nn(-c2ccc(C(=O)O)cc2Br)c1C. The zero-order valence-corrected chi connectivity index (χ0v) is 12.7. The largest absolute Gasteiger partial charge is 0.478 e. The van der Waals surface area contributed by atoms with Crippen LogP contribution in [0.2, 0.25) is 0 Å². The van der Waals surface area contributed by atoms with Crippen LogP contribution in [-0.4, -0.2) is 20.9 Å². The van der Waals surface area contributed by atoms with E-state index in [2.05, 4.69) is 28.0 Å². The average molecular weight is 323 g/mol. The van der Waals surface area contributed by atoms with Crippen molar-refractivity contribution in [3.63, 3.8) is 0 Å². The summed E-state index contributed by atoms with van der Waals surface area (Å²) in [5.41, 5.74) is 4.44. The summed E-state index contributed by atoms with van der Waals surface area (Å²) in [6.45, 7) is 6.11. The van der Waals surface area contributed by atoms with E-state index in [0.717, 1.165) is 28.0 Å². The van der Waals surface area contributed by atoms with E-state index >= 15 is 0 Å². The van der Waals surface area contributed by atoms with E-state index in [9.17, 15) is 4.79 Å². The Labute approximate surface area is 120 Å². The van der Waals surface area contributed by atoms with Gasteiger partial charge in [0.1, 0.15) is 0 Å². The number of benzene rings is 1. The average Bonchev–Trinajstić information content (AvgIpc) is 2.64. The number of carboxylic acids is 1. The third-order valence-corrected chi connectivity index (χ3v) is 3.85. The van der Waals surface area contributed by atoms with Crippen LogP contribution >= 0.6 is 15.9 Å².